The van der Waals surface area contributed by atoms with Gasteiger partial charge in [-0.25, -0.2) is 4.98 Å². The number of nitrogens with zero attached hydrogens (tertiary/aromatic N) is 3. The third-order valence-electron chi connectivity index (χ3n) is 2.80. The highest BCUT2D eigenvalue weighted by molar-refractivity contribution is 5.38. The van der Waals surface area contributed by atoms with Crippen LogP contribution in [-0.4, -0.2) is 36.1 Å². The number of hydrogen-bond acceptors (Lipinski definition) is 4. The number of pyridine rings is 1. The first-order chi connectivity index (χ1) is 7.79. The molecule has 1 aromatic rings. The smallest absolute Gasteiger partial charge is 0.142 e. The molecule has 1 fully saturated rings. The first-order valence-corrected chi connectivity index (χ1v) is 5.61. The number of hydrogen-bond donors (Lipinski definition) is 1. The molecule has 0 amide bonds. The molecule has 0 atom stereocenters. The van der Waals surface area contributed by atoms with Crippen molar-refractivity contribution in [2.45, 2.75) is 18.9 Å². The van der Waals surface area contributed by atoms with Crippen molar-refractivity contribution < 1.29 is 0 Å². The molecule has 0 aliphatic heterocycles. The maximum absolute atomic E-state index is 8.71. The summed E-state index contributed by atoms with van der Waals surface area (Å²) in [5.74, 6) is 0.781. The molecule has 0 unspecified atom stereocenters. The minimum Gasteiger partial charge on any atom is -0.369 e. The van der Waals surface area contributed by atoms with Crippen LogP contribution in [0.25, 0.3) is 0 Å². The maximum Gasteiger partial charge on any atom is 0.142 e. The standard InChI is InChI=1S/C12H16N4/c1-16(11-5-6-11)8-7-14-12-4-2-3-10(9-13)15-12/h2-4,11H,5-8H2,1H3,(H,14,15). The van der Waals surface area contributed by atoms with Crippen molar-refractivity contribution in [1.29, 1.82) is 5.26 Å². The van der Waals surface area contributed by atoms with Gasteiger partial charge in [0.2, 0.25) is 0 Å². The summed E-state index contributed by atoms with van der Waals surface area (Å²) in [5.41, 5.74) is 0.459. The molecule has 0 radical (unpaired) electrons. The van der Waals surface area contributed by atoms with Crippen LogP contribution in [0.3, 0.4) is 0 Å². The van der Waals surface area contributed by atoms with Crippen LogP contribution in [0.2, 0.25) is 0 Å². The Balaban J connectivity index is 1.78. The minimum absolute atomic E-state index is 0.459. The lowest BCUT2D eigenvalue weighted by Gasteiger charge is -2.15. The molecule has 0 aromatic carbocycles. The van der Waals surface area contributed by atoms with Crippen molar-refractivity contribution in [3.8, 4) is 6.07 Å². The molecule has 0 saturated heterocycles. The Kier molecular flexibility index (Phi) is 3.37. The van der Waals surface area contributed by atoms with Crippen molar-refractivity contribution >= 4 is 5.82 Å². The van der Waals surface area contributed by atoms with Gasteiger partial charge in [0.05, 0.1) is 0 Å². The van der Waals surface area contributed by atoms with Crippen LogP contribution in [0, 0.1) is 11.3 Å². The lowest BCUT2D eigenvalue weighted by molar-refractivity contribution is 0.337. The predicted octanol–water partition coefficient (Wildman–Crippen LogP) is 1.46. The van der Waals surface area contributed by atoms with Crippen molar-refractivity contribution in [2.75, 3.05) is 25.5 Å². The summed E-state index contributed by atoms with van der Waals surface area (Å²) in [5, 5.41) is 11.9. The first kappa shape index (κ1) is 10.9. The Hall–Kier alpha value is -1.60. The highest BCUT2D eigenvalue weighted by atomic mass is 15.2. The monoisotopic (exact) mass is 216 g/mol. The molecule has 4 heteroatoms. The quantitative estimate of drug-likeness (QED) is 0.809. The van der Waals surface area contributed by atoms with Gasteiger partial charge >= 0.3 is 0 Å². The van der Waals surface area contributed by atoms with Gasteiger partial charge in [0.25, 0.3) is 0 Å². The first-order valence-electron chi connectivity index (χ1n) is 5.61. The summed E-state index contributed by atoms with van der Waals surface area (Å²) >= 11 is 0. The van der Waals surface area contributed by atoms with E-state index < -0.39 is 0 Å². The zero-order valence-electron chi connectivity index (χ0n) is 9.48. The van der Waals surface area contributed by atoms with Crippen LogP contribution >= 0.6 is 0 Å². The van der Waals surface area contributed by atoms with Crippen molar-refractivity contribution in [3.63, 3.8) is 0 Å². The normalized spacial score (nSPS) is 14.8. The van der Waals surface area contributed by atoms with Crippen LogP contribution in [-0.2, 0) is 0 Å². The molecule has 0 bridgehead atoms. The van der Waals surface area contributed by atoms with Crippen molar-refractivity contribution in [1.82, 2.24) is 9.88 Å². The van der Waals surface area contributed by atoms with E-state index >= 15 is 0 Å². The van der Waals surface area contributed by atoms with Crippen LogP contribution in [0.4, 0.5) is 5.82 Å². The van der Waals surface area contributed by atoms with Crippen molar-refractivity contribution in [2.24, 2.45) is 0 Å². The average molecular weight is 216 g/mol. The SMILES string of the molecule is CN(CCNc1cccc(C#N)n1)C1CC1. The Morgan fingerprint density at radius 2 is 2.38 bits per heavy atom. The predicted molar refractivity (Wildman–Crippen MR) is 63.1 cm³/mol. The number of nitrogens with one attached hydrogen (secondary N) is 1. The third-order valence-corrected chi connectivity index (χ3v) is 2.80. The van der Waals surface area contributed by atoms with Crippen molar-refractivity contribution in [3.05, 3.63) is 23.9 Å². The van der Waals surface area contributed by atoms with Gasteiger partial charge in [-0.2, -0.15) is 5.26 Å². The summed E-state index contributed by atoms with van der Waals surface area (Å²) in [6, 6.07) is 8.27. The Labute approximate surface area is 95.9 Å². The lowest BCUT2D eigenvalue weighted by Crippen LogP contribution is -2.27. The number of likely N-dealkylation sites (N-methyl/N-ethyl adjacent to an activating group) is 1. The van der Waals surface area contributed by atoms with Crippen LogP contribution in [0.1, 0.15) is 18.5 Å². The van der Waals surface area contributed by atoms with Crippen LogP contribution in [0.5, 0.6) is 0 Å². The van der Waals surface area contributed by atoms with E-state index in [4.69, 9.17) is 5.26 Å². The summed E-state index contributed by atoms with van der Waals surface area (Å²) < 4.78 is 0. The van der Waals surface area contributed by atoms with E-state index in [-0.39, 0.29) is 0 Å². The van der Waals surface area contributed by atoms with Gasteiger partial charge in [-0.05, 0) is 32.0 Å². The molecule has 1 aliphatic carbocycles. The Morgan fingerprint density at radius 1 is 1.56 bits per heavy atom. The highest BCUT2D eigenvalue weighted by Crippen LogP contribution is 2.24. The summed E-state index contributed by atoms with van der Waals surface area (Å²) in [6.07, 6.45) is 2.66. The second-order valence-electron chi connectivity index (χ2n) is 4.16. The van der Waals surface area contributed by atoms with E-state index in [0.29, 0.717) is 5.69 Å². The van der Waals surface area contributed by atoms with Crippen LogP contribution < -0.4 is 5.32 Å². The van der Waals surface area contributed by atoms with E-state index in [1.54, 1.807) is 6.07 Å². The van der Waals surface area contributed by atoms with Gasteiger partial charge in [0.15, 0.2) is 0 Å². The van der Waals surface area contributed by atoms with Gasteiger partial charge in [-0.1, -0.05) is 6.07 Å². The number of aromatic nitrogens is 1. The fourth-order valence-electron chi connectivity index (χ4n) is 1.65. The largest absolute Gasteiger partial charge is 0.369 e. The average Bonchev–Trinajstić information content (AvgIpc) is 3.13. The molecule has 0 spiro atoms. The van der Waals surface area contributed by atoms with E-state index in [1.807, 2.05) is 18.2 Å². The second kappa shape index (κ2) is 4.95. The van der Waals surface area contributed by atoms with E-state index in [1.165, 1.54) is 12.8 Å². The van der Waals surface area contributed by atoms with E-state index in [2.05, 4.69) is 22.2 Å². The molecule has 1 aliphatic rings. The fraction of sp³-hybridized carbons (Fsp3) is 0.500. The number of rotatable bonds is 5. The molecule has 1 heterocycles. The number of anilines is 1. The van der Waals surface area contributed by atoms with Gasteiger partial charge in [0, 0.05) is 19.1 Å². The van der Waals surface area contributed by atoms with Crippen LogP contribution in [0.15, 0.2) is 18.2 Å². The summed E-state index contributed by atoms with van der Waals surface area (Å²) in [4.78, 5) is 6.52. The molecular weight excluding hydrogens is 200 g/mol. The summed E-state index contributed by atoms with van der Waals surface area (Å²) in [7, 11) is 2.15. The molecule has 1 saturated carbocycles. The van der Waals surface area contributed by atoms with E-state index in [0.717, 1.165) is 24.9 Å². The molecule has 2 rings (SSSR count). The zero-order valence-corrected chi connectivity index (χ0v) is 9.48. The topological polar surface area (TPSA) is 52.0 Å². The minimum atomic E-state index is 0.459. The highest BCUT2D eigenvalue weighted by Gasteiger charge is 2.25. The zero-order chi connectivity index (χ0) is 11.4. The second-order valence-corrected chi connectivity index (χ2v) is 4.16. The Bertz CT molecular complexity index is 392. The Morgan fingerprint density at radius 3 is 3.06 bits per heavy atom. The summed E-state index contributed by atoms with van der Waals surface area (Å²) in [6.45, 7) is 1.89. The third kappa shape index (κ3) is 2.94. The molecule has 1 N–H and O–H groups in total. The fourth-order valence-corrected chi connectivity index (χ4v) is 1.65. The van der Waals surface area contributed by atoms with Gasteiger partial charge in [-0.15, -0.1) is 0 Å². The van der Waals surface area contributed by atoms with E-state index in [9.17, 15) is 0 Å². The van der Waals surface area contributed by atoms with Gasteiger partial charge in [0.1, 0.15) is 17.6 Å². The lowest BCUT2D eigenvalue weighted by atomic mass is 10.3. The molecule has 84 valence electrons. The molecule has 4 nitrogen and oxygen atoms in total. The molecule has 1 aromatic heterocycles. The molecular formula is C12H16N4. The van der Waals surface area contributed by atoms with Gasteiger partial charge < -0.3 is 10.2 Å². The maximum atomic E-state index is 8.71. The molecule has 16 heavy (non-hydrogen) atoms. The van der Waals surface area contributed by atoms with Gasteiger partial charge in [-0.3, -0.25) is 0 Å². The number of nitriles is 1.